The molecule has 0 aliphatic carbocycles. The first kappa shape index (κ1) is 17.9. The number of allylic oxidation sites excluding steroid dienone is 2. The van der Waals surface area contributed by atoms with Crippen molar-refractivity contribution in [1.82, 2.24) is 4.98 Å². The van der Waals surface area contributed by atoms with Crippen LogP contribution in [-0.2, 0) is 0 Å². The SMILES string of the molecule is C=CC=Cc1c(NN)nc2ccc([N+](=O)[O-])c(C=Cc3ccco3)c2c1N. The molecule has 0 spiro atoms. The lowest BCUT2D eigenvalue weighted by Gasteiger charge is -2.13. The van der Waals surface area contributed by atoms with Gasteiger partial charge in [-0.05, 0) is 36.4 Å². The second kappa shape index (κ2) is 7.54. The fraction of sp³-hybridized carbons (Fsp3) is 0. The van der Waals surface area contributed by atoms with Crippen molar-refractivity contribution in [2.24, 2.45) is 5.84 Å². The van der Waals surface area contributed by atoms with Crippen LogP contribution in [0, 0.1) is 10.1 Å². The van der Waals surface area contributed by atoms with Crippen molar-refractivity contribution in [1.29, 1.82) is 0 Å². The molecule has 0 atom stereocenters. The Hall–Kier alpha value is -3.91. The predicted octanol–water partition coefficient (Wildman–Crippen LogP) is 3.97. The van der Waals surface area contributed by atoms with E-state index < -0.39 is 4.92 Å². The molecule has 0 radical (unpaired) electrons. The van der Waals surface area contributed by atoms with Gasteiger partial charge in [0.25, 0.3) is 5.69 Å². The third-order valence-electron chi connectivity index (χ3n) is 3.94. The zero-order valence-electron chi connectivity index (χ0n) is 14.3. The van der Waals surface area contributed by atoms with Crippen LogP contribution >= 0.6 is 0 Å². The van der Waals surface area contributed by atoms with E-state index in [1.807, 2.05) is 0 Å². The molecule has 0 aliphatic heterocycles. The fourth-order valence-corrected chi connectivity index (χ4v) is 2.74. The maximum atomic E-state index is 11.5. The molecule has 0 saturated carbocycles. The first-order valence-electron chi connectivity index (χ1n) is 7.94. The standard InChI is InChI=1S/C19H17N5O3/c1-2-3-6-14-18(20)17-13(8-7-12-5-4-11-27-12)16(24(25)26)10-9-15(17)22-19(14)23-21/h2-11H,1,21H2,(H3,20,22,23). The number of nitro groups is 1. The first-order valence-corrected chi connectivity index (χ1v) is 7.94. The molecular weight excluding hydrogens is 346 g/mol. The lowest BCUT2D eigenvalue weighted by molar-refractivity contribution is -0.384. The van der Waals surface area contributed by atoms with E-state index in [0.717, 1.165) is 0 Å². The van der Waals surface area contributed by atoms with Gasteiger partial charge in [0.1, 0.15) is 11.6 Å². The summed E-state index contributed by atoms with van der Waals surface area (Å²) in [7, 11) is 0. The molecule has 3 aromatic rings. The number of nitrogens with one attached hydrogen (secondary N) is 1. The number of furan rings is 1. The van der Waals surface area contributed by atoms with Crippen LogP contribution in [0.2, 0.25) is 0 Å². The van der Waals surface area contributed by atoms with Crippen molar-refractivity contribution in [3.63, 3.8) is 0 Å². The molecule has 5 N–H and O–H groups in total. The van der Waals surface area contributed by atoms with Gasteiger partial charge in [-0.3, -0.25) is 10.1 Å². The van der Waals surface area contributed by atoms with Crippen LogP contribution in [0.15, 0.2) is 53.7 Å². The number of benzene rings is 1. The number of pyridine rings is 1. The largest absolute Gasteiger partial charge is 0.465 e. The molecule has 0 saturated heterocycles. The number of nitrogen functional groups attached to an aromatic ring is 2. The number of anilines is 2. The number of fused-ring (bicyclic) bond motifs is 1. The van der Waals surface area contributed by atoms with Gasteiger partial charge in [-0.2, -0.15) is 0 Å². The van der Waals surface area contributed by atoms with Gasteiger partial charge in [-0.25, -0.2) is 10.8 Å². The Balaban J connectivity index is 2.35. The molecule has 136 valence electrons. The number of hydrogen-bond acceptors (Lipinski definition) is 7. The van der Waals surface area contributed by atoms with Crippen molar-refractivity contribution in [2.45, 2.75) is 0 Å². The number of aromatic nitrogens is 1. The molecule has 2 heterocycles. The van der Waals surface area contributed by atoms with Crippen LogP contribution in [0.5, 0.6) is 0 Å². The summed E-state index contributed by atoms with van der Waals surface area (Å²) in [6, 6.07) is 6.39. The van der Waals surface area contributed by atoms with Gasteiger partial charge in [0.15, 0.2) is 0 Å². The zero-order chi connectivity index (χ0) is 19.4. The molecule has 8 heteroatoms. The summed E-state index contributed by atoms with van der Waals surface area (Å²) in [4.78, 5) is 15.5. The summed E-state index contributed by atoms with van der Waals surface area (Å²) in [6.45, 7) is 3.63. The van der Waals surface area contributed by atoms with Crippen molar-refractivity contribution in [3.05, 3.63) is 76.3 Å². The normalized spacial score (nSPS) is 11.4. The molecule has 8 nitrogen and oxygen atoms in total. The Kier molecular flexibility index (Phi) is 5.00. The van der Waals surface area contributed by atoms with E-state index >= 15 is 0 Å². The minimum absolute atomic E-state index is 0.0917. The third-order valence-corrected chi connectivity index (χ3v) is 3.94. The van der Waals surface area contributed by atoms with E-state index in [0.29, 0.717) is 39.3 Å². The van der Waals surface area contributed by atoms with E-state index in [1.165, 1.54) is 18.4 Å². The fourth-order valence-electron chi connectivity index (χ4n) is 2.74. The minimum Gasteiger partial charge on any atom is -0.465 e. The summed E-state index contributed by atoms with van der Waals surface area (Å²) in [5.74, 6) is 6.47. The average Bonchev–Trinajstić information content (AvgIpc) is 3.18. The van der Waals surface area contributed by atoms with Gasteiger partial charge in [0.2, 0.25) is 0 Å². The van der Waals surface area contributed by atoms with E-state index in [-0.39, 0.29) is 5.69 Å². The van der Waals surface area contributed by atoms with Gasteiger partial charge >= 0.3 is 0 Å². The van der Waals surface area contributed by atoms with Crippen molar-refractivity contribution in [3.8, 4) is 0 Å². The highest BCUT2D eigenvalue weighted by Crippen LogP contribution is 2.37. The number of hydrogen-bond donors (Lipinski definition) is 3. The highest BCUT2D eigenvalue weighted by molar-refractivity contribution is 6.05. The summed E-state index contributed by atoms with van der Waals surface area (Å²) in [5, 5.41) is 12.0. The molecule has 0 bridgehead atoms. The summed E-state index contributed by atoms with van der Waals surface area (Å²) < 4.78 is 5.26. The average molecular weight is 363 g/mol. The molecular formula is C19H17N5O3. The molecule has 27 heavy (non-hydrogen) atoms. The maximum absolute atomic E-state index is 11.5. The second-order valence-electron chi connectivity index (χ2n) is 5.53. The Morgan fingerprint density at radius 1 is 1.22 bits per heavy atom. The molecule has 0 amide bonds. The van der Waals surface area contributed by atoms with Crippen LogP contribution in [0.25, 0.3) is 29.1 Å². The van der Waals surface area contributed by atoms with Gasteiger partial charge in [-0.15, -0.1) is 0 Å². The minimum atomic E-state index is -0.463. The van der Waals surface area contributed by atoms with Crippen LogP contribution < -0.4 is 17.0 Å². The van der Waals surface area contributed by atoms with Gasteiger partial charge in [0, 0.05) is 17.0 Å². The number of nitro benzene ring substituents is 1. The summed E-state index contributed by atoms with van der Waals surface area (Å²) in [6.07, 6.45) is 9.68. The van der Waals surface area contributed by atoms with E-state index in [1.54, 1.807) is 42.5 Å². The quantitative estimate of drug-likeness (QED) is 0.261. The van der Waals surface area contributed by atoms with E-state index in [2.05, 4.69) is 17.0 Å². The van der Waals surface area contributed by atoms with Crippen molar-refractivity contribution >= 4 is 46.3 Å². The van der Waals surface area contributed by atoms with Crippen LogP contribution in [-0.4, -0.2) is 9.91 Å². The molecule has 1 aromatic carbocycles. The lowest BCUT2D eigenvalue weighted by atomic mass is 10.0. The lowest BCUT2D eigenvalue weighted by Crippen LogP contribution is -2.12. The van der Waals surface area contributed by atoms with Gasteiger partial charge in [0.05, 0.1) is 28.0 Å². The Bertz CT molecular complexity index is 1070. The highest BCUT2D eigenvalue weighted by Gasteiger charge is 2.20. The topological polar surface area (TPSA) is 133 Å². The van der Waals surface area contributed by atoms with Gasteiger partial charge < -0.3 is 15.6 Å². The number of hydrazine groups is 1. The van der Waals surface area contributed by atoms with Gasteiger partial charge in [-0.1, -0.05) is 18.7 Å². The monoisotopic (exact) mass is 363 g/mol. The highest BCUT2D eigenvalue weighted by atomic mass is 16.6. The van der Waals surface area contributed by atoms with Crippen molar-refractivity contribution in [2.75, 3.05) is 11.2 Å². The van der Waals surface area contributed by atoms with E-state index in [4.69, 9.17) is 16.0 Å². The van der Waals surface area contributed by atoms with Crippen LogP contribution in [0.4, 0.5) is 17.2 Å². The molecule has 2 aromatic heterocycles. The smallest absolute Gasteiger partial charge is 0.277 e. The molecule has 0 unspecified atom stereocenters. The van der Waals surface area contributed by atoms with E-state index in [9.17, 15) is 10.1 Å². The van der Waals surface area contributed by atoms with Crippen molar-refractivity contribution < 1.29 is 9.34 Å². The molecule has 0 fully saturated rings. The molecule has 3 rings (SSSR count). The summed E-state index contributed by atoms with van der Waals surface area (Å²) >= 11 is 0. The maximum Gasteiger partial charge on any atom is 0.277 e. The molecule has 0 aliphatic rings. The Morgan fingerprint density at radius 2 is 2.04 bits per heavy atom. The second-order valence-corrected chi connectivity index (χ2v) is 5.53. The number of nitrogens with zero attached hydrogens (tertiary/aromatic N) is 2. The number of rotatable bonds is 6. The summed E-state index contributed by atoms with van der Waals surface area (Å²) in [5.41, 5.74) is 10.4. The Morgan fingerprint density at radius 3 is 2.67 bits per heavy atom. The van der Waals surface area contributed by atoms with Crippen LogP contribution in [0.1, 0.15) is 16.9 Å². The first-order chi connectivity index (χ1) is 13.1. The third kappa shape index (κ3) is 3.42. The Labute approximate surface area is 154 Å². The van der Waals surface area contributed by atoms with Crippen LogP contribution in [0.3, 0.4) is 0 Å². The predicted molar refractivity (Wildman–Crippen MR) is 107 cm³/mol. The zero-order valence-corrected chi connectivity index (χ0v) is 14.3. The number of nitrogens with two attached hydrogens (primary N) is 2.